The molecule has 0 aliphatic carbocycles. The van der Waals surface area contributed by atoms with Crippen LogP contribution in [-0.4, -0.2) is 40.9 Å². The molecule has 0 saturated heterocycles. The van der Waals surface area contributed by atoms with Crippen molar-refractivity contribution in [3.8, 4) is 0 Å². The van der Waals surface area contributed by atoms with Crippen molar-refractivity contribution in [2.24, 2.45) is 0 Å². The van der Waals surface area contributed by atoms with Crippen LogP contribution < -0.4 is 0 Å². The number of thioether (sulfide) groups is 1. The maximum absolute atomic E-state index is 12.2. The molecule has 1 aromatic heterocycles. The van der Waals surface area contributed by atoms with E-state index < -0.39 is 0 Å². The summed E-state index contributed by atoms with van der Waals surface area (Å²) in [5.74, 6) is 1.21. The SMILES string of the molecule is COCc1cc(CN(C)C(=O)CSCc2ccccc2Cl)[nH]n1. The predicted molar refractivity (Wildman–Crippen MR) is 93.4 cm³/mol. The average Bonchev–Trinajstić information content (AvgIpc) is 2.96. The van der Waals surface area contributed by atoms with Gasteiger partial charge in [0.15, 0.2) is 0 Å². The number of methoxy groups -OCH3 is 1. The van der Waals surface area contributed by atoms with Gasteiger partial charge in [0.25, 0.3) is 0 Å². The number of halogens is 1. The largest absolute Gasteiger partial charge is 0.378 e. The Balaban J connectivity index is 1.77. The minimum absolute atomic E-state index is 0.0740. The van der Waals surface area contributed by atoms with Gasteiger partial charge in [-0.2, -0.15) is 5.10 Å². The molecule has 0 atom stereocenters. The van der Waals surface area contributed by atoms with Crippen LogP contribution in [0.3, 0.4) is 0 Å². The Bertz CT molecular complexity index is 648. The summed E-state index contributed by atoms with van der Waals surface area (Å²) in [6, 6.07) is 9.60. The highest BCUT2D eigenvalue weighted by molar-refractivity contribution is 7.99. The normalized spacial score (nSPS) is 10.7. The maximum Gasteiger partial charge on any atom is 0.232 e. The molecule has 0 bridgehead atoms. The second-order valence-corrected chi connectivity index (χ2v) is 6.54. The number of carbonyl (C=O) groups is 1. The Labute approximate surface area is 145 Å². The smallest absolute Gasteiger partial charge is 0.232 e. The summed E-state index contributed by atoms with van der Waals surface area (Å²) < 4.78 is 5.02. The predicted octanol–water partition coefficient (Wildman–Crippen LogP) is 3.10. The lowest BCUT2D eigenvalue weighted by Crippen LogP contribution is -2.28. The van der Waals surface area contributed by atoms with E-state index in [-0.39, 0.29) is 5.91 Å². The van der Waals surface area contributed by atoms with Crippen molar-refractivity contribution in [2.75, 3.05) is 19.9 Å². The number of amides is 1. The fourth-order valence-electron chi connectivity index (χ4n) is 2.03. The van der Waals surface area contributed by atoms with Crippen molar-refractivity contribution in [2.45, 2.75) is 18.9 Å². The van der Waals surface area contributed by atoms with Gasteiger partial charge in [0.05, 0.1) is 30.3 Å². The average molecular weight is 354 g/mol. The standard InChI is InChI=1S/C16H20ClN3O2S/c1-20(8-13-7-14(9-22-2)19-18-13)16(21)11-23-10-12-5-3-4-6-15(12)17/h3-7H,8-11H2,1-2H3,(H,18,19). The van der Waals surface area contributed by atoms with Crippen LogP contribution in [0.15, 0.2) is 30.3 Å². The molecule has 0 unspecified atom stereocenters. The first-order valence-electron chi connectivity index (χ1n) is 7.17. The Morgan fingerprint density at radius 1 is 1.43 bits per heavy atom. The molecule has 0 saturated carbocycles. The van der Waals surface area contributed by atoms with Crippen molar-refractivity contribution < 1.29 is 9.53 Å². The Morgan fingerprint density at radius 2 is 2.22 bits per heavy atom. The number of H-pyrrole nitrogens is 1. The Morgan fingerprint density at radius 3 is 2.96 bits per heavy atom. The third-order valence-electron chi connectivity index (χ3n) is 3.25. The molecule has 1 N–H and O–H groups in total. The lowest BCUT2D eigenvalue weighted by molar-refractivity contribution is -0.127. The first-order valence-corrected chi connectivity index (χ1v) is 8.70. The van der Waals surface area contributed by atoms with E-state index in [0.717, 1.165) is 27.7 Å². The van der Waals surface area contributed by atoms with Gasteiger partial charge >= 0.3 is 0 Å². The zero-order valence-electron chi connectivity index (χ0n) is 13.2. The second-order valence-electron chi connectivity index (χ2n) is 5.15. The summed E-state index contributed by atoms with van der Waals surface area (Å²) in [5, 5.41) is 7.78. The quantitative estimate of drug-likeness (QED) is 0.792. The van der Waals surface area contributed by atoms with Crippen LogP contribution in [0.5, 0.6) is 0 Å². The van der Waals surface area contributed by atoms with Crippen LogP contribution in [0.25, 0.3) is 0 Å². The molecular weight excluding hydrogens is 334 g/mol. The summed E-state index contributed by atoms with van der Waals surface area (Å²) in [7, 11) is 3.41. The van der Waals surface area contributed by atoms with E-state index >= 15 is 0 Å². The summed E-state index contributed by atoms with van der Waals surface area (Å²) in [6.07, 6.45) is 0. The van der Waals surface area contributed by atoms with E-state index in [9.17, 15) is 4.79 Å². The highest BCUT2D eigenvalue weighted by atomic mass is 35.5. The van der Waals surface area contributed by atoms with Gasteiger partial charge in [-0.15, -0.1) is 11.8 Å². The van der Waals surface area contributed by atoms with E-state index in [1.165, 1.54) is 0 Å². The molecule has 124 valence electrons. The van der Waals surface area contributed by atoms with Crippen LogP contribution in [0.4, 0.5) is 0 Å². The topological polar surface area (TPSA) is 58.2 Å². The van der Waals surface area contributed by atoms with Crippen LogP contribution in [0.1, 0.15) is 17.0 Å². The van der Waals surface area contributed by atoms with Crippen molar-refractivity contribution >= 4 is 29.3 Å². The Hall–Kier alpha value is -1.50. The number of carbonyl (C=O) groups excluding carboxylic acids is 1. The molecule has 23 heavy (non-hydrogen) atoms. The fraction of sp³-hybridized carbons (Fsp3) is 0.375. The van der Waals surface area contributed by atoms with Gasteiger partial charge in [0.1, 0.15) is 0 Å². The molecule has 0 aliphatic rings. The molecule has 2 rings (SSSR count). The third-order valence-corrected chi connectivity index (χ3v) is 4.59. The van der Waals surface area contributed by atoms with E-state index in [4.69, 9.17) is 16.3 Å². The molecule has 0 fully saturated rings. The van der Waals surface area contributed by atoms with Gasteiger partial charge in [-0.3, -0.25) is 9.89 Å². The number of nitrogens with one attached hydrogen (secondary N) is 1. The molecule has 0 radical (unpaired) electrons. The van der Waals surface area contributed by atoms with Crippen LogP contribution in [-0.2, 0) is 28.4 Å². The number of rotatable bonds is 8. The van der Waals surface area contributed by atoms with E-state index in [2.05, 4.69) is 10.2 Å². The number of aromatic nitrogens is 2. The van der Waals surface area contributed by atoms with Crippen molar-refractivity contribution in [1.82, 2.24) is 15.1 Å². The van der Waals surface area contributed by atoms with Crippen molar-refractivity contribution in [1.29, 1.82) is 0 Å². The molecule has 1 aromatic carbocycles. The summed E-state index contributed by atoms with van der Waals surface area (Å²) in [4.78, 5) is 13.9. The third kappa shape index (κ3) is 5.57. The zero-order chi connectivity index (χ0) is 16.7. The number of nitrogens with zero attached hydrogens (tertiary/aromatic N) is 2. The highest BCUT2D eigenvalue weighted by Gasteiger charge is 2.11. The molecule has 1 amide bonds. The number of ether oxygens (including phenoxy) is 1. The van der Waals surface area contributed by atoms with Crippen molar-refractivity contribution in [3.63, 3.8) is 0 Å². The summed E-state index contributed by atoms with van der Waals surface area (Å²) >= 11 is 7.67. The van der Waals surface area contributed by atoms with Gasteiger partial charge < -0.3 is 9.64 Å². The van der Waals surface area contributed by atoms with E-state index in [1.54, 1.807) is 30.8 Å². The fourth-order valence-corrected chi connectivity index (χ4v) is 3.28. The monoisotopic (exact) mass is 353 g/mol. The number of aromatic amines is 1. The number of benzene rings is 1. The molecule has 2 aromatic rings. The molecule has 1 heterocycles. The first-order chi connectivity index (χ1) is 11.1. The Kier molecular flexibility index (Phi) is 6.95. The van der Waals surface area contributed by atoms with Crippen LogP contribution in [0.2, 0.25) is 5.02 Å². The van der Waals surface area contributed by atoms with E-state index in [1.807, 2.05) is 30.3 Å². The summed E-state index contributed by atoms with van der Waals surface area (Å²) in [5.41, 5.74) is 2.77. The molecule has 7 heteroatoms. The zero-order valence-corrected chi connectivity index (χ0v) is 14.8. The minimum Gasteiger partial charge on any atom is -0.378 e. The lowest BCUT2D eigenvalue weighted by atomic mass is 10.2. The van der Waals surface area contributed by atoms with Gasteiger partial charge in [-0.05, 0) is 17.7 Å². The maximum atomic E-state index is 12.2. The van der Waals surface area contributed by atoms with Gasteiger partial charge in [-0.25, -0.2) is 0 Å². The van der Waals surface area contributed by atoms with Gasteiger partial charge in [-0.1, -0.05) is 29.8 Å². The van der Waals surface area contributed by atoms with Gasteiger partial charge in [0, 0.05) is 24.9 Å². The van der Waals surface area contributed by atoms with Crippen molar-refractivity contribution in [3.05, 3.63) is 52.3 Å². The minimum atomic E-state index is 0.0740. The lowest BCUT2D eigenvalue weighted by Gasteiger charge is -2.15. The molecule has 5 nitrogen and oxygen atoms in total. The number of hydrogen-bond donors (Lipinski definition) is 1. The molecule has 0 aliphatic heterocycles. The van der Waals surface area contributed by atoms with Crippen LogP contribution in [0, 0.1) is 0 Å². The van der Waals surface area contributed by atoms with Gasteiger partial charge in [0.2, 0.25) is 5.91 Å². The summed E-state index contributed by atoms with van der Waals surface area (Å²) in [6.45, 7) is 0.962. The van der Waals surface area contributed by atoms with E-state index in [0.29, 0.717) is 18.9 Å². The number of hydrogen-bond acceptors (Lipinski definition) is 4. The van der Waals surface area contributed by atoms with Crippen LogP contribution >= 0.6 is 23.4 Å². The second kappa shape index (κ2) is 8.96. The molecule has 0 spiro atoms. The molecular formula is C16H20ClN3O2S. The first kappa shape index (κ1) is 17.8. The highest BCUT2D eigenvalue weighted by Crippen LogP contribution is 2.20.